The molecular formula is C17H21NSi. The van der Waals surface area contributed by atoms with Crippen LogP contribution in [0.5, 0.6) is 0 Å². The average Bonchev–Trinajstić information content (AvgIpc) is 2.50. The Labute approximate surface area is 116 Å². The molecule has 3 rings (SSSR count). The third-order valence-electron chi connectivity index (χ3n) is 4.49. The lowest BCUT2D eigenvalue weighted by Gasteiger charge is -2.40. The molecule has 0 N–H and O–H groups in total. The molecule has 1 saturated heterocycles. The topological polar surface area (TPSA) is 3.24 Å². The summed E-state index contributed by atoms with van der Waals surface area (Å²) in [6.45, 7) is 2.46. The molecule has 2 aromatic carbocycles. The van der Waals surface area contributed by atoms with Crippen molar-refractivity contribution in [1.29, 1.82) is 0 Å². The standard InChI is InChI=1S/C17H21NSi/c1-18-12-14-19(15-13-18,16-8-4-2-5-9-16)17-10-6-3-7-11-17/h2-11H,12-15H2,1H3. The van der Waals surface area contributed by atoms with Crippen molar-refractivity contribution in [2.75, 3.05) is 20.1 Å². The number of benzene rings is 2. The molecule has 0 radical (unpaired) electrons. The maximum Gasteiger partial charge on any atom is 0.120 e. The lowest BCUT2D eigenvalue weighted by Crippen LogP contribution is -2.62. The SMILES string of the molecule is CN1CC[Si](c2ccccc2)(c2ccccc2)CC1. The van der Waals surface area contributed by atoms with E-state index in [1.54, 1.807) is 10.4 Å². The van der Waals surface area contributed by atoms with E-state index in [-0.39, 0.29) is 0 Å². The van der Waals surface area contributed by atoms with Crippen LogP contribution in [0.1, 0.15) is 0 Å². The van der Waals surface area contributed by atoms with Crippen LogP contribution in [0, 0.1) is 0 Å². The molecule has 0 aliphatic carbocycles. The largest absolute Gasteiger partial charge is 0.307 e. The van der Waals surface area contributed by atoms with Crippen molar-refractivity contribution < 1.29 is 0 Å². The zero-order valence-electron chi connectivity index (χ0n) is 11.5. The van der Waals surface area contributed by atoms with Crippen molar-refractivity contribution in [2.24, 2.45) is 0 Å². The van der Waals surface area contributed by atoms with Gasteiger partial charge in [0.2, 0.25) is 0 Å². The van der Waals surface area contributed by atoms with Gasteiger partial charge in [-0.05, 0) is 32.2 Å². The van der Waals surface area contributed by atoms with Gasteiger partial charge in [-0.3, -0.25) is 0 Å². The van der Waals surface area contributed by atoms with Gasteiger partial charge in [-0.1, -0.05) is 71.0 Å². The summed E-state index contributed by atoms with van der Waals surface area (Å²) in [5.41, 5.74) is 0. The van der Waals surface area contributed by atoms with Crippen molar-refractivity contribution in [3.63, 3.8) is 0 Å². The molecule has 0 spiro atoms. The zero-order chi connectivity index (χ0) is 13.1. The first-order valence-electron chi connectivity index (χ1n) is 7.11. The van der Waals surface area contributed by atoms with E-state index < -0.39 is 8.07 Å². The van der Waals surface area contributed by atoms with Crippen LogP contribution in [0.15, 0.2) is 60.7 Å². The average molecular weight is 267 g/mol. The Bertz CT molecular complexity index is 474. The Morgan fingerprint density at radius 2 is 1.16 bits per heavy atom. The Morgan fingerprint density at radius 3 is 1.58 bits per heavy atom. The minimum Gasteiger partial charge on any atom is -0.307 e. The van der Waals surface area contributed by atoms with Crippen LogP contribution in [0.4, 0.5) is 0 Å². The predicted octanol–water partition coefficient (Wildman–Crippen LogP) is 2.20. The first-order valence-corrected chi connectivity index (χ1v) is 9.52. The Kier molecular flexibility index (Phi) is 3.54. The molecule has 1 heterocycles. The summed E-state index contributed by atoms with van der Waals surface area (Å²) in [4.78, 5) is 2.47. The van der Waals surface area contributed by atoms with E-state index in [9.17, 15) is 0 Å². The Balaban J connectivity index is 2.06. The molecule has 2 heteroatoms. The van der Waals surface area contributed by atoms with E-state index in [0.717, 1.165) is 0 Å². The van der Waals surface area contributed by atoms with Gasteiger partial charge in [0.1, 0.15) is 8.07 Å². The number of nitrogens with zero attached hydrogens (tertiary/aromatic N) is 1. The summed E-state index contributed by atoms with van der Waals surface area (Å²) in [5, 5.41) is 3.21. The van der Waals surface area contributed by atoms with Gasteiger partial charge >= 0.3 is 0 Å². The molecule has 1 fully saturated rings. The number of hydrogen-bond acceptors (Lipinski definition) is 1. The first-order chi connectivity index (χ1) is 9.31. The molecule has 2 aromatic rings. The van der Waals surface area contributed by atoms with Crippen LogP contribution in [0.25, 0.3) is 0 Å². The lowest BCUT2D eigenvalue weighted by molar-refractivity contribution is 0.357. The van der Waals surface area contributed by atoms with Crippen LogP contribution < -0.4 is 10.4 Å². The maximum absolute atomic E-state index is 2.47. The molecule has 0 unspecified atom stereocenters. The van der Waals surface area contributed by atoms with E-state index in [0.29, 0.717) is 0 Å². The van der Waals surface area contributed by atoms with E-state index in [1.165, 1.54) is 25.2 Å². The van der Waals surface area contributed by atoms with Gasteiger partial charge in [0.25, 0.3) is 0 Å². The second kappa shape index (κ2) is 5.31. The monoisotopic (exact) mass is 267 g/mol. The minimum atomic E-state index is -1.52. The van der Waals surface area contributed by atoms with E-state index in [1.807, 2.05) is 0 Å². The highest BCUT2D eigenvalue weighted by molar-refractivity contribution is 7.02. The summed E-state index contributed by atoms with van der Waals surface area (Å²) in [6.07, 6.45) is 0. The second-order valence-corrected chi connectivity index (χ2v) is 9.94. The summed E-state index contributed by atoms with van der Waals surface area (Å²) >= 11 is 0. The van der Waals surface area contributed by atoms with Crippen molar-refractivity contribution in [2.45, 2.75) is 12.1 Å². The summed E-state index contributed by atoms with van der Waals surface area (Å²) < 4.78 is 0. The third kappa shape index (κ3) is 2.38. The highest BCUT2D eigenvalue weighted by Gasteiger charge is 2.39. The normalized spacial score (nSPS) is 19.2. The summed E-state index contributed by atoms with van der Waals surface area (Å²) in [5.74, 6) is 0. The molecule has 1 aliphatic heterocycles. The molecule has 0 atom stereocenters. The molecule has 98 valence electrons. The highest BCUT2D eigenvalue weighted by atomic mass is 28.3. The Hall–Kier alpha value is -1.38. The fraction of sp³-hybridized carbons (Fsp3) is 0.294. The van der Waals surface area contributed by atoms with Gasteiger partial charge in [-0.25, -0.2) is 0 Å². The molecule has 1 nitrogen and oxygen atoms in total. The van der Waals surface area contributed by atoms with Gasteiger partial charge in [0, 0.05) is 0 Å². The van der Waals surface area contributed by atoms with Crippen LogP contribution in [0.2, 0.25) is 12.1 Å². The fourth-order valence-corrected chi connectivity index (χ4v) is 8.18. The Morgan fingerprint density at radius 1 is 0.737 bits per heavy atom. The van der Waals surface area contributed by atoms with Gasteiger partial charge < -0.3 is 4.90 Å². The summed E-state index contributed by atoms with van der Waals surface area (Å²) in [6, 6.07) is 25.2. The van der Waals surface area contributed by atoms with Crippen LogP contribution >= 0.6 is 0 Å². The second-order valence-electron chi connectivity index (χ2n) is 5.62. The van der Waals surface area contributed by atoms with Crippen molar-refractivity contribution in [3.05, 3.63) is 60.7 Å². The fourth-order valence-electron chi connectivity index (χ4n) is 3.26. The van der Waals surface area contributed by atoms with Crippen LogP contribution in [-0.4, -0.2) is 33.1 Å². The van der Waals surface area contributed by atoms with Crippen molar-refractivity contribution >= 4 is 18.4 Å². The molecule has 1 aliphatic rings. The van der Waals surface area contributed by atoms with Crippen LogP contribution in [0.3, 0.4) is 0 Å². The maximum atomic E-state index is 2.47. The quantitative estimate of drug-likeness (QED) is 0.754. The lowest BCUT2D eigenvalue weighted by atomic mass is 10.4. The number of hydrogen-bond donors (Lipinski definition) is 0. The molecule has 0 bridgehead atoms. The smallest absolute Gasteiger partial charge is 0.120 e. The molecule has 0 saturated carbocycles. The molecular weight excluding hydrogens is 246 g/mol. The molecule has 19 heavy (non-hydrogen) atoms. The van der Waals surface area contributed by atoms with E-state index in [4.69, 9.17) is 0 Å². The molecule has 0 aromatic heterocycles. The highest BCUT2D eigenvalue weighted by Crippen LogP contribution is 2.21. The predicted molar refractivity (Wildman–Crippen MR) is 85.0 cm³/mol. The van der Waals surface area contributed by atoms with E-state index in [2.05, 4.69) is 72.6 Å². The van der Waals surface area contributed by atoms with Gasteiger partial charge in [0.05, 0.1) is 0 Å². The van der Waals surface area contributed by atoms with Crippen LogP contribution in [-0.2, 0) is 0 Å². The first kappa shape index (κ1) is 12.6. The summed E-state index contributed by atoms with van der Waals surface area (Å²) in [7, 11) is 0.726. The van der Waals surface area contributed by atoms with Gasteiger partial charge in [0.15, 0.2) is 0 Å². The van der Waals surface area contributed by atoms with Crippen molar-refractivity contribution in [3.8, 4) is 0 Å². The zero-order valence-corrected chi connectivity index (χ0v) is 12.5. The number of rotatable bonds is 2. The van der Waals surface area contributed by atoms with E-state index >= 15 is 0 Å². The van der Waals surface area contributed by atoms with Gasteiger partial charge in [-0.15, -0.1) is 0 Å². The minimum absolute atomic E-state index is 1.23. The van der Waals surface area contributed by atoms with Crippen molar-refractivity contribution in [1.82, 2.24) is 4.90 Å². The third-order valence-corrected chi connectivity index (χ3v) is 9.52. The molecule has 0 amide bonds. The van der Waals surface area contributed by atoms with Gasteiger partial charge in [-0.2, -0.15) is 0 Å².